The molecule has 2 nitrogen and oxygen atoms in total. The Balaban J connectivity index is 3.48. The van der Waals surface area contributed by atoms with Gasteiger partial charge in [-0.1, -0.05) is 18.6 Å². The lowest BCUT2D eigenvalue weighted by Crippen LogP contribution is -1.93. The molecule has 0 aliphatic rings. The molecule has 0 aliphatic carbocycles. The first-order valence-electron chi connectivity index (χ1n) is 3.54. The molecule has 0 aromatic rings. The molecule has 58 valence electrons. The standard InChI is InChI=1S/C8H14O2/c1-3-4-7(2)5-6-8(9)10/h4H,3,5-6H2,1-2H3,(H,9,10). The van der Waals surface area contributed by atoms with Crippen molar-refractivity contribution < 1.29 is 9.90 Å². The van der Waals surface area contributed by atoms with Crippen LogP contribution in [0.4, 0.5) is 0 Å². The summed E-state index contributed by atoms with van der Waals surface area (Å²) in [5, 5.41) is 8.30. The van der Waals surface area contributed by atoms with E-state index in [1.54, 1.807) is 0 Å². The van der Waals surface area contributed by atoms with Crippen LogP contribution in [0.5, 0.6) is 0 Å². The number of aliphatic carboxylic acids is 1. The lowest BCUT2D eigenvalue weighted by molar-refractivity contribution is -0.136. The molecule has 2 heteroatoms. The molecule has 0 fully saturated rings. The summed E-state index contributed by atoms with van der Waals surface area (Å²) in [6, 6.07) is 0. The fourth-order valence-electron chi connectivity index (χ4n) is 0.755. The number of carboxylic acid groups (broad SMARTS) is 1. The Labute approximate surface area is 61.6 Å². The maximum Gasteiger partial charge on any atom is 0.303 e. The van der Waals surface area contributed by atoms with E-state index in [1.807, 2.05) is 13.8 Å². The summed E-state index contributed by atoms with van der Waals surface area (Å²) in [6.07, 6.45) is 3.99. The van der Waals surface area contributed by atoms with Crippen LogP contribution < -0.4 is 0 Å². The summed E-state index contributed by atoms with van der Waals surface area (Å²) < 4.78 is 0. The van der Waals surface area contributed by atoms with E-state index in [0.717, 1.165) is 6.42 Å². The molecule has 0 aromatic carbocycles. The first-order chi connectivity index (χ1) is 4.66. The van der Waals surface area contributed by atoms with Gasteiger partial charge in [0.25, 0.3) is 0 Å². The monoisotopic (exact) mass is 142 g/mol. The number of carbonyl (C=O) groups is 1. The Hall–Kier alpha value is -0.790. The van der Waals surface area contributed by atoms with Crippen molar-refractivity contribution in [2.45, 2.75) is 33.1 Å². The Bertz CT molecular complexity index is 136. The van der Waals surface area contributed by atoms with Crippen molar-refractivity contribution >= 4 is 5.97 Å². The molecule has 0 saturated carbocycles. The summed E-state index contributed by atoms with van der Waals surface area (Å²) in [4.78, 5) is 10.1. The second-order valence-electron chi connectivity index (χ2n) is 2.35. The Morgan fingerprint density at radius 3 is 2.50 bits per heavy atom. The van der Waals surface area contributed by atoms with Gasteiger partial charge in [0.2, 0.25) is 0 Å². The second kappa shape index (κ2) is 5.03. The minimum atomic E-state index is -0.719. The predicted molar refractivity (Wildman–Crippen MR) is 40.9 cm³/mol. The molecular weight excluding hydrogens is 128 g/mol. The number of allylic oxidation sites excluding steroid dienone is 2. The maximum absolute atomic E-state index is 10.1. The lowest BCUT2D eigenvalue weighted by atomic mass is 10.1. The molecule has 0 amide bonds. The molecule has 1 N–H and O–H groups in total. The zero-order valence-corrected chi connectivity index (χ0v) is 6.55. The van der Waals surface area contributed by atoms with Gasteiger partial charge < -0.3 is 5.11 Å². The van der Waals surface area contributed by atoms with Crippen molar-refractivity contribution in [1.82, 2.24) is 0 Å². The molecule has 0 saturated heterocycles. The first kappa shape index (κ1) is 9.21. The highest BCUT2D eigenvalue weighted by atomic mass is 16.4. The normalized spacial score (nSPS) is 11.6. The summed E-state index contributed by atoms with van der Waals surface area (Å²) in [5.74, 6) is -0.719. The van der Waals surface area contributed by atoms with Gasteiger partial charge >= 0.3 is 5.97 Å². The molecule has 0 rings (SSSR count). The van der Waals surface area contributed by atoms with Gasteiger partial charge in [-0.15, -0.1) is 0 Å². The summed E-state index contributed by atoms with van der Waals surface area (Å²) in [5.41, 5.74) is 1.17. The predicted octanol–water partition coefficient (Wildman–Crippen LogP) is 2.21. The fraction of sp³-hybridized carbons (Fsp3) is 0.625. The Kier molecular flexibility index (Phi) is 4.63. The van der Waals surface area contributed by atoms with Crippen LogP contribution in [0.25, 0.3) is 0 Å². The molecule has 0 unspecified atom stereocenters. The summed E-state index contributed by atoms with van der Waals surface area (Å²) in [7, 11) is 0. The van der Waals surface area contributed by atoms with Crippen LogP contribution in [0, 0.1) is 0 Å². The number of hydrogen-bond acceptors (Lipinski definition) is 1. The van der Waals surface area contributed by atoms with Crippen LogP contribution in [0.3, 0.4) is 0 Å². The zero-order valence-electron chi connectivity index (χ0n) is 6.55. The van der Waals surface area contributed by atoms with Gasteiger partial charge in [-0.25, -0.2) is 0 Å². The Morgan fingerprint density at radius 2 is 2.10 bits per heavy atom. The minimum Gasteiger partial charge on any atom is -0.481 e. The number of carboxylic acids is 1. The summed E-state index contributed by atoms with van der Waals surface area (Å²) >= 11 is 0. The minimum absolute atomic E-state index is 0.252. The Morgan fingerprint density at radius 1 is 1.50 bits per heavy atom. The van der Waals surface area contributed by atoms with Crippen molar-refractivity contribution in [3.05, 3.63) is 11.6 Å². The third-order valence-corrected chi connectivity index (χ3v) is 1.29. The molecule has 0 spiro atoms. The van der Waals surface area contributed by atoms with Gasteiger partial charge in [0.05, 0.1) is 0 Å². The molecule has 0 bridgehead atoms. The highest BCUT2D eigenvalue weighted by Gasteiger charge is 1.95. The van der Waals surface area contributed by atoms with E-state index in [0.29, 0.717) is 6.42 Å². The molecule has 0 aromatic heterocycles. The van der Waals surface area contributed by atoms with E-state index < -0.39 is 5.97 Å². The van der Waals surface area contributed by atoms with Crippen molar-refractivity contribution in [2.24, 2.45) is 0 Å². The molecule has 10 heavy (non-hydrogen) atoms. The van der Waals surface area contributed by atoms with Gasteiger partial charge in [-0.05, 0) is 19.8 Å². The number of rotatable bonds is 4. The molecule has 0 aliphatic heterocycles. The smallest absolute Gasteiger partial charge is 0.303 e. The highest BCUT2D eigenvalue weighted by molar-refractivity contribution is 5.66. The molecule has 0 radical (unpaired) electrons. The van der Waals surface area contributed by atoms with E-state index in [2.05, 4.69) is 6.08 Å². The van der Waals surface area contributed by atoms with Gasteiger partial charge in [0.15, 0.2) is 0 Å². The SMILES string of the molecule is CCC=C(C)CCC(=O)O. The average Bonchev–Trinajstić information content (AvgIpc) is 1.85. The van der Waals surface area contributed by atoms with Gasteiger partial charge in [-0.3, -0.25) is 4.79 Å². The molecule has 0 heterocycles. The third-order valence-electron chi connectivity index (χ3n) is 1.29. The van der Waals surface area contributed by atoms with E-state index in [1.165, 1.54) is 5.57 Å². The van der Waals surface area contributed by atoms with Crippen molar-refractivity contribution in [2.75, 3.05) is 0 Å². The van der Waals surface area contributed by atoms with Crippen LogP contribution in [0.1, 0.15) is 33.1 Å². The topological polar surface area (TPSA) is 37.3 Å². The van der Waals surface area contributed by atoms with Gasteiger partial charge in [0.1, 0.15) is 0 Å². The quantitative estimate of drug-likeness (QED) is 0.611. The van der Waals surface area contributed by atoms with E-state index in [-0.39, 0.29) is 6.42 Å². The zero-order chi connectivity index (χ0) is 7.98. The fourth-order valence-corrected chi connectivity index (χ4v) is 0.755. The lowest BCUT2D eigenvalue weighted by Gasteiger charge is -1.95. The van der Waals surface area contributed by atoms with Crippen LogP contribution in [-0.4, -0.2) is 11.1 Å². The highest BCUT2D eigenvalue weighted by Crippen LogP contribution is 2.03. The summed E-state index contributed by atoms with van der Waals surface area (Å²) in [6.45, 7) is 4.01. The van der Waals surface area contributed by atoms with Crippen LogP contribution in [0.2, 0.25) is 0 Å². The number of hydrogen-bond donors (Lipinski definition) is 1. The van der Waals surface area contributed by atoms with Crippen molar-refractivity contribution in [3.63, 3.8) is 0 Å². The maximum atomic E-state index is 10.1. The third kappa shape index (κ3) is 5.35. The second-order valence-corrected chi connectivity index (χ2v) is 2.35. The van der Waals surface area contributed by atoms with Crippen LogP contribution >= 0.6 is 0 Å². The van der Waals surface area contributed by atoms with Crippen LogP contribution in [-0.2, 0) is 4.79 Å². The van der Waals surface area contributed by atoms with E-state index in [4.69, 9.17) is 5.11 Å². The molecule has 0 atom stereocenters. The first-order valence-corrected chi connectivity index (χ1v) is 3.54. The van der Waals surface area contributed by atoms with Gasteiger partial charge in [0, 0.05) is 6.42 Å². The molecular formula is C8H14O2. The van der Waals surface area contributed by atoms with Crippen molar-refractivity contribution in [3.8, 4) is 0 Å². The largest absolute Gasteiger partial charge is 0.481 e. The average molecular weight is 142 g/mol. The van der Waals surface area contributed by atoms with Crippen LogP contribution in [0.15, 0.2) is 11.6 Å². The van der Waals surface area contributed by atoms with Crippen molar-refractivity contribution in [1.29, 1.82) is 0 Å². The van der Waals surface area contributed by atoms with E-state index >= 15 is 0 Å². The van der Waals surface area contributed by atoms with E-state index in [9.17, 15) is 4.79 Å². The van der Waals surface area contributed by atoms with Gasteiger partial charge in [-0.2, -0.15) is 0 Å².